The van der Waals surface area contributed by atoms with Crippen LogP contribution in [0, 0.1) is 0 Å². The van der Waals surface area contributed by atoms with Crippen LogP contribution in [0.25, 0.3) is 11.4 Å². The topological polar surface area (TPSA) is 172 Å². The molecule has 0 atom stereocenters. The average Bonchev–Trinajstić information content (AvgIpc) is 2.93. The summed E-state index contributed by atoms with van der Waals surface area (Å²) in [6.45, 7) is 3.93. The van der Waals surface area contributed by atoms with Gasteiger partial charge in [-0.15, -0.1) is 0 Å². The van der Waals surface area contributed by atoms with Gasteiger partial charge in [0.15, 0.2) is 28.2 Å². The van der Waals surface area contributed by atoms with Crippen molar-refractivity contribution in [1.82, 2.24) is 19.9 Å². The lowest BCUT2D eigenvalue weighted by Crippen LogP contribution is -2.17. The number of sulfonamides is 1. The van der Waals surface area contributed by atoms with E-state index in [9.17, 15) is 13.2 Å². The highest BCUT2D eigenvalue weighted by Crippen LogP contribution is 2.41. The molecular weight excluding hydrogens is 542 g/mol. The minimum absolute atomic E-state index is 0.0392. The molecule has 0 amide bonds. The van der Waals surface area contributed by atoms with E-state index in [1.54, 1.807) is 30.3 Å². The fourth-order valence-electron chi connectivity index (χ4n) is 3.44. The van der Waals surface area contributed by atoms with Gasteiger partial charge in [0.25, 0.3) is 15.9 Å². The van der Waals surface area contributed by atoms with Gasteiger partial charge in [0.05, 0.1) is 14.2 Å². The summed E-state index contributed by atoms with van der Waals surface area (Å²) in [4.78, 5) is 27.6. The van der Waals surface area contributed by atoms with E-state index in [4.69, 9.17) is 19.3 Å². The number of aromatic nitrogens is 4. The van der Waals surface area contributed by atoms with Gasteiger partial charge in [-0.2, -0.15) is 13.4 Å². The van der Waals surface area contributed by atoms with Crippen molar-refractivity contribution in [2.75, 3.05) is 18.9 Å². The molecule has 0 bridgehead atoms. The lowest BCUT2D eigenvalue weighted by atomic mass is 10.1. The number of carbonyl (C=O) groups is 1. The molecule has 40 heavy (non-hydrogen) atoms. The molecule has 0 radical (unpaired) electrons. The maximum Gasteiger partial charge on any atom is 0.512 e. The Bertz CT molecular complexity index is 1630. The number of nitrogens with zero attached hydrogens (tertiary/aromatic N) is 4. The molecule has 0 aliphatic rings. The van der Waals surface area contributed by atoms with E-state index in [2.05, 4.69) is 29.4 Å². The molecule has 1 aromatic carbocycles. The van der Waals surface area contributed by atoms with E-state index in [1.807, 2.05) is 13.8 Å². The number of nitrogens with one attached hydrogen (secondary N) is 1. The third-order valence-electron chi connectivity index (χ3n) is 5.43. The van der Waals surface area contributed by atoms with E-state index in [-0.39, 0.29) is 51.4 Å². The normalized spacial score (nSPS) is 11.1. The molecule has 0 fully saturated rings. The van der Waals surface area contributed by atoms with Crippen molar-refractivity contribution in [1.29, 1.82) is 0 Å². The molecule has 0 spiro atoms. The predicted molar refractivity (Wildman–Crippen MR) is 143 cm³/mol. The summed E-state index contributed by atoms with van der Waals surface area (Å²) in [5.41, 5.74) is 1.12. The van der Waals surface area contributed by atoms with E-state index < -0.39 is 16.2 Å². The fraction of sp³-hybridized carbons (Fsp3) is 0.192. The second kappa shape index (κ2) is 11.8. The number of methoxy groups -OCH3 is 2. The molecule has 3 heterocycles. The third-order valence-corrected chi connectivity index (χ3v) is 6.68. The largest absolute Gasteiger partial charge is 0.512 e. The van der Waals surface area contributed by atoms with Crippen LogP contribution in [0.15, 0.2) is 66.0 Å². The zero-order chi connectivity index (χ0) is 28.9. The molecule has 0 saturated carbocycles. The zero-order valence-corrected chi connectivity index (χ0v) is 22.7. The minimum Gasteiger partial charge on any atom is -0.493 e. The van der Waals surface area contributed by atoms with Crippen LogP contribution in [0.5, 0.6) is 29.0 Å². The van der Waals surface area contributed by atoms with Crippen molar-refractivity contribution >= 4 is 22.0 Å². The summed E-state index contributed by atoms with van der Waals surface area (Å²) in [5.74, 6) is -0.0924. The monoisotopic (exact) mass is 567 g/mol. The maximum absolute atomic E-state index is 13.4. The Morgan fingerprint density at radius 2 is 1.73 bits per heavy atom. The quantitative estimate of drug-likeness (QED) is 0.253. The van der Waals surface area contributed by atoms with E-state index in [1.165, 1.54) is 44.8 Å². The van der Waals surface area contributed by atoms with Gasteiger partial charge in [-0.3, -0.25) is 4.72 Å². The first-order chi connectivity index (χ1) is 19.1. The summed E-state index contributed by atoms with van der Waals surface area (Å²) in [7, 11) is -1.50. The summed E-state index contributed by atoms with van der Waals surface area (Å²) in [5, 5.41) is 8.68. The smallest absolute Gasteiger partial charge is 0.493 e. The highest BCUT2D eigenvalue weighted by molar-refractivity contribution is 7.92. The van der Waals surface area contributed by atoms with Crippen LogP contribution >= 0.6 is 0 Å². The number of hydrogen-bond acceptors (Lipinski definition) is 11. The Balaban J connectivity index is 1.85. The lowest BCUT2D eigenvalue weighted by molar-refractivity contribution is 0.142. The van der Waals surface area contributed by atoms with Crippen molar-refractivity contribution < 1.29 is 37.3 Å². The Hall–Kier alpha value is -4.98. The van der Waals surface area contributed by atoms with E-state index in [0.717, 1.165) is 5.56 Å². The van der Waals surface area contributed by atoms with Crippen molar-refractivity contribution in [2.45, 2.75) is 24.8 Å². The van der Waals surface area contributed by atoms with Crippen LogP contribution in [0.3, 0.4) is 0 Å². The van der Waals surface area contributed by atoms with Gasteiger partial charge < -0.3 is 24.1 Å². The van der Waals surface area contributed by atoms with E-state index >= 15 is 0 Å². The van der Waals surface area contributed by atoms with Crippen LogP contribution < -0.4 is 23.7 Å². The van der Waals surface area contributed by atoms with Crippen LogP contribution in [-0.2, 0) is 10.0 Å². The van der Waals surface area contributed by atoms with Crippen molar-refractivity contribution in [3.8, 4) is 40.4 Å². The average molecular weight is 568 g/mol. The van der Waals surface area contributed by atoms with Gasteiger partial charge in [0.2, 0.25) is 11.6 Å². The first-order valence-electron chi connectivity index (χ1n) is 11.7. The summed E-state index contributed by atoms with van der Waals surface area (Å²) < 4.78 is 50.6. The number of pyridine rings is 2. The Morgan fingerprint density at radius 1 is 0.975 bits per heavy atom. The van der Waals surface area contributed by atoms with Gasteiger partial charge in [-0.25, -0.2) is 19.7 Å². The minimum atomic E-state index is -4.27. The third kappa shape index (κ3) is 6.35. The molecule has 2 N–H and O–H groups in total. The van der Waals surface area contributed by atoms with Crippen molar-refractivity contribution in [3.63, 3.8) is 0 Å². The summed E-state index contributed by atoms with van der Waals surface area (Å²) >= 11 is 0. The van der Waals surface area contributed by atoms with Crippen molar-refractivity contribution in [2.24, 2.45) is 0 Å². The summed E-state index contributed by atoms with van der Waals surface area (Å²) in [6.07, 6.45) is 1.21. The van der Waals surface area contributed by atoms with E-state index in [0.29, 0.717) is 5.75 Å². The fourth-order valence-corrected chi connectivity index (χ4v) is 4.37. The first kappa shape index (κ1) is 28.0. The molecule has 4 rings (SSSR count). The summed E-state index contributed by atoms with van der Waals surface area (Å²) in [6, 6.07) is 12.5. The molecule has 0 aliphatic heterocycles. The number of hydrogen-bond donors (Lipinski definition) is 2. The van der Waals surface area contributed by atoms with Crippen LogP contribution in [0.4, 0.5) is 10.6 Å². The van der Waals surface area contributed by atoms with Gasteiger partial charge in [0, 0.05) is 24.0 Å². The Morgan fingerprint density at radius 3 is 2.35 bits per heavy atom. The highest BCUT2D eigenvalue weighted by Gasteiger charge is 2.26. The molecule has 0 aliphatic carbocycles. The van der Waals surface area contributed by atoms with Gasteiger partial charge in [-0.05, 0) is 35.7 Å². The molecule has 3 aromatic heterocycles. The van der Waals surface area contributed by atoms with Crippen LogP contribution in [0.1, 0.15) is 25.3 Å². The molecule has 13 nitrogen and oxygen atoms in total. The molecule has 208 valence electrons. The number of ether oxygens (including phenoxy) is 4. The standard InChI is InChI=1S/C26H25N5O8S/c1-15(2)17-9-10-21(28-14-17)40(34,35)31-24-22(38-19-8-6-5-7-18(19)36-3)25(37-4)30-23(29-24)16-11-12-27-20(13-16)39-26(32)33/h5-15H,1-4H3,(H,32,33)(H,29,30,31). The Kier molecular flexibility index (Phi) is 8.29. The van der Waals surface area contributed by atoms with Gasteiger partial charge in [0.1, 0.15) is 0 Å². The highest BCUT2D eigenvalue weighted by atomic mass is 32.2. The second-order valence-electron chi connectivity index (χ2n) is 8.43. The van der Waals surface area contributed by atoms with Crippen LogP contribution in [-0.4, -0.2) is 53.8 Å². The SMILES string of the molecule is COc1ccccc1Oc1c(NS(=O)(=O)c2ccc(C(C)C)cn2)nc(-c2ccnc(OC(=O)O)c2)nc1OC. The van der Waals surface area contributed by atoms with Gasteiger partial charge in [-0.1, -0.05) is 32.0 Å². The van der Waals surface area contributed by atoms with Crippen LogP contribution in [0.2, 0.25) is 0 Å². The molecule has 4 aromatic rings. The zero-order valence-electron chi connectivity index (χ0n) is 21.9. The van der Waals surface area contributed by atoms with Crippen molar-refractivity contribution in [3.05, 3.63) is 66.5 Å². The molecular formula is C26H25N5O8S. The molecule has 14 heteroatoms. The number of para-hydroxylation sites is 2. The van der Waals surface area contributed by atoms with Gasteiger partial charge >= 0.3 is 6.16 Å². The number of rotatable bonds is 10. The number of benzene rings is 1. The molecule has 0 unspecified atom stereocenters. The number of anilines is 1. The lowest BCUT2D eigenvalue weighted by Gasteiger charge is -2.17. The first-order valence-corrected chi connectivity index (χ1v) is 13.2. The predicted octanol–water partition coefficient (Wildman–Crippen LogP) is 4.72. The number of carboxylic acid groups (broad SMARTS) is 1. The maximum atomic E-state index is 13.4. The molecule has 0 saturated heterocycles. The second-order valence-corrected chi connectivity index (χ2v) is 10.1. The Labute approximate surface area is 229 Å².